The monoisotopic (exact) mass is 786 g/mol. The number of amides is 6. The second-order valence-corrected chi connectivity index (χ2v) is 16.0. The number of aromatic nitrogens is 2. The first-order chi connectivity index (χ1) is 26.7. The van der Waals surface area contributed by atoms with Gasteiger partial charge in [-0.25, -0.2) is 4.98 Å². The molecule has 3 fully saturated rings. The van der Waals surface area contributed by atoms with Gasteiger partial charge in [-0.3, -0.25) is 33.6 Å². The first-order valence-electron chi connectivity index (χ1n) is 20.4. The summed E-state index contributed by atoms with van der Waals surface area (Å²) in [6.45, 7) is 6.04. The van der Waals surface area contributed by atoms with Crippen molar-refractivity contribution in [3.63, 3.8) is 0 Å². The van der Waals surface area contributed by atoms with Crippen molar-refractivity contribution in [1.29, 1.82) is 0 Å². The Hall–Kier alpha value is -4.54. The molecule has 1 aromatic heterocycles. The largest absolute Gasteiger partial charge is 0.481 e. The van der Waals surface area contributed by atoms with E-state index in [4.69, 9.17) is 0 Å². The van der Waals surface area contributed by atoms with Gasteiger partial charge in [0.1, 0.15) is 30.2 Å². The smallest absolute Gasteiger partial charge is 0.305 e. The number of hydrogen-bond donors (Lipinski definition) is 7. The maximum atomic E-state index is 14.2. The van der Waals surface area contributed by atoms with Gasteiger partial charge in [0.05, 0.1) is 18.9 Å². The number of aliphatic hydroxyl groups excluding tert-OH is 1. The molecule has 6 atom stereocenters. The van der Waals surface area contributed by atoms with Crippen LogP contribution in [-0.4, -0.2) is 127 Å². The SMILES string of the molecule is CC(C)CCNC(=O)[C@@H](NC(=O)[C@@H]1CCCN1C(=O)[C@H](CC(=O)O)NC(=O)[C@@H]1CCCCN1C(=O)[C@H](Cc1cnc[nH]1)NC(=O)CCC1CCCCC1)[C@@H](C)O. The molecule has 17 heteroatoms. The summed E-state index contributed by atoms with van der Waals surface area (Å²) in [7, 11) is 0. The van der Waals surface area contributed by atoms with Crippen molar-refractivity contribution < 1.29 is 43.8 Å². The van der Waals surface area contributed by atoms with E-state index in [1.54, 1.807) is 6.20 Å². The van der Waals surface area contributed by atoms with Crippen LogP contribution in [0.4, 0.5) is 0 Å². The number of nitrogens with zero attached hydrogens (tertiary/aromatic N) is 3. The van der Waals surface area contributed by atoms with E-state index in [1.807, 2.05) is 13.8 Å². The molecule has 7 N–H and O–H groups in total. The molecule has 0 bridgehead atoms. The van der Waals surface area contributed by atoms with Crippen molar-refractivity contribution >= 4 is 41.4 Å². The highest BCUT2D eigenvalue weighted by Crippen LogP contribution is 2.27. The predicted molar refractivity (Wildman–Crippen MR) is 204 cm³/mol. The second-order valence-electron chi connectivity index (χ2n) is 16.0. The minimum atomic E-state index is -1.56. The summed E-state index contributed by atoms with van der Waals surface area (Å²) < 4.78 is 0. The molecule has 0 spiro atoms. The number of carbonyl (C=O) groups excluding carboxylic acids is 6. The van der Waals surface area contributed by atoms with Crippen LogP contribution in [0, 0.1) is 11.8 Å². The molecule has 3 aliphatic rings. The minimum Gasteiger partial charge on any atom is -0.481 e. The van der Waals surface area contributed by atoms with Crippen LogP contribution in [0.1, 0.15) is 116 Å². The van der Waals surface area contributed by atoms with E-state index in [0.717, 1.165) is 32.1 Å². The number of carbonyl (C=O) groups is 7. The molecule has 6 amide bonds. The lowest BCUT2D eigenvalue weighted by Crippen LogP contribution is -2.61. The lowest BCUT2D eigenvalue weighted by atomic mass is 9.86. The Morgan fingerprint density at radius 3 is 2.07 bits per heavy atom. The van der Waals surface area contributed by atoms with E-state index >= 15 is 0 Å². The summed E-state index contributed by atoms with van der Waals surface area (Å²) in [6, 6.07) is -5.94. The van der Waals surface area contributed by atoms with E-state index in [9.17, 15) is 43.8 Å². The number of nitrogens with one attached hydrogen (secondary N) is 5. The number of piperidine rings is 1. The van der Waals surface area contributed by atoms with E-state index in [-0.39, 0.29) is 44.7 Å². The van der Waals surface area contributed by atoms with Gasteiger partial charge in [0, 0.05) is 44.4 Å². The van der Waals surface area contributed by atoms with Crippen molar-refractivity contribution in [2.75, 3.05) is 19.6 Å². The highest BCUT2D eigenvalue weighted by Gasteiger charge is 2.42. The van der Waals surface area contributed by atoms with E-state index in [0.29, 0.717) is 49.8 Å². The Balaban J connectivity index is 1.45. The fraction of sp³-hybridized carbons (Fsp3) is 0.744. The highest BCUT2D eigenvalue weighted by molar-refractivity contribution is 5.98. The molecule has 4 rings (SSSR count). The third-order valence-electron chi connectivity index (χ3n) is 11.1. The van der Waals surface area contributed by atoms with Crippen LogP contribution in [0.2, 0.25) is 0 Å². The van der Waals surface area contributed by atoms with Gasteiger partial charge in [0.15, 0.2) is 0 Å². The normalized spacial score (nSPS) is 21.1. The van der Waals surface area contributed by atoms with Gasteiger partial charge in [-0.15, -0.1) is 0 Å². The Labute approximate surface area is 328 Å². The van der Waals surface area contributed by atoms with E-state index < -0.39 is 78.2 Å². The fourth-order valence-corrected chi connectivity index (χ4v) is 7.96. The van der Waals surface area contributed by atoms with Gasteiger partial charge < -0.3 is 46.3 Å². The van der Waals surface area contributed by atoms with Crippen molar-refractivity contribution in [2.45, 2.75) is 153 Å². The number of H-pyrrole nitrogens is 1. The van der Waals surface area contributed by atoms with Crippen LogP contribution in [0.25, 0.3) is 0 Å². The molecule has 312 valence electrons. The number of aliphatic hydroxyl groups is 1. The second kappa shape index (κ2) is 21.7. The van der Waals surface area contributed by atoms with Crippen LogP contribution in [0.5, 0.6) is 0 Å². The van der Waals surface area contributed by atoms with Gasteiger partial charge in [0.25, 0.3) is 0 Å². The Kier molecular flexibility index (Phi) is 17.1. The Morgan fingerprint density at radius 2 is 1.45 bits per heavy atom. The van der Waals surface area contributed by atoms with Crippen LogP contribution < -0.4 is 21.3 Å². The summed E-state index contributed by atoms with van der Waals surface area (Å²) in [5.74, 6) is -4.04. The molecule has 0 aromatic carbocycles. The topological polar surface area (TPSA) is 243 Å². The number of aromatic amines is 1. The summed E-state index contributed by atoms with van der Waals surface area (Å²) in [5.41, 5.74) is 0.622. The lowest BCUT2D eigenvalue weighted by molar-refractivity contribution is -0.149. The Morgan fingerprint density at radius 1 is 0.821 bits per heavy atom. The molecule has 17 nitrogen and oxygen atoms in total. The number of carboxylic acids is 1. The fourth-order valence-electron chi connectivity index (χ4n) is 7.96. The quantitative estimate of drug-likeness (QED) is 0.106. The molecule has 3 heterocycles. The number of rotatable bonds is 19. The number of likely N-dealkylation sites (tertiary alicyclic amines) is 2. The number of imidazole rings is 1. The first-order valence-corrected chi connectivity index (χ1v) is 20.4. The molecule has 0 unspecified atom stereocenters. The zero-order valence-electron chi connectivity index (χ0n) is 33.1. The third-order valence-corrected chi connectivity index (χ3v) is 11.1. The van der Waals surface area contributed by atoms with Crippen LogP contribution >= 0.6 is 0 Å². The lowest BCUT2D eigenvalue weighted by Gasteiger charge is -2.38. The standard InChI is InChI=1S/C39H62N8O9/c1-24(2)16-17-41-37(54)34(25(3)48)45-36(53)31-13-9-19-47(31)39(56)29(21-33(50)51)44-35(52)30-12-7-8-18-46(30)38(55)28(20-27-22-40-23-42-27)43-32(49)15-14-26-10-5-4-6-11-26/h22-26,28-31,34,48H,4-21H2,1-3H3,(H,40,42)(H,41,54)(H,43,49)(H,44,52)(H,45,53)(H,50,51)/t25-,28+,29+,30+,31+,34+/m1/s1. The van der Waals surface area contributed by atoms with Gasteiger partial charge in [-0.2, -0.15) is 0 Å². The van der Waals surface area contributed by atoms with Gasteiger partial charge >= 0.3 is 5.97 Å². The number of hydrogen-bond acceptors (Lipinski definition) is 9. The molecule has 2 aliphatic heterocycles. The first kappa shape index (κ1) is 44.2. The predicted octanol–water partition coefficient (Wildman–Crippen LogP) is 1.16. The summed E-state index contributed by atoms with van der Waals surface area (Å²) >= 11 is 0. The molecule has 56 heavy (non-hydrogen) atoms. The van der Waals surface area contributed by atoms with Crippen molar-refractivity contribution in [1.82, 2.24) is 41.0 Å². The van der Waals surface area contributed by atoms with Crippen LogP contribution in [-0.2, 0) is 40.0 Å². The molecule has 1 saturated carbocycles. The maximum Gasteiger partial charge on any atom is 0.305 e. The molecule has 1 aliphatic carbocycles. The maximum absolute atomic E-state index is 14.2. The molecular formula is C39H62N8O9. The van der Waals surface area contributed by atoms with Crippen molar-refractivity contribution in [3.8, 4) is 0 Å². The molecule has 0 radical (unpaired) electrons. The molecular weight excluding hydrogens is 724 g/mol. The zero-order chi connectivity index (χ0) is 40.8. The number of aliphatic carboxylic acids is 1. The van der Waals surface area contributed by atoms with Gasteiger partial charge in [0.2, 0.25) is 35.4 Å². The highest BCUT2D eigenvalue weighted by atomic mass is 16.4. The summed E-state index contributed by atoms with van der Waals surface area (Å²) in [4.78, 5) is 103. The summed E-state index contributed by atoms with van der Waals surface area (Å²) in [6.07, 6.45) is 10.7. The minimum absolute atomic E-state index is 0.104. The number of carboxylic acid groups (broad SMARTS) is 1. The van der Waals surface area contributed by atoms with E-state index in [2.05, 4.69) is 31.2 Å². The van der Waals surface area contributed by atoms with Gasteiger partial charge in [-0.1, -0.05) is 46.0 Å². The van der Waals surface area contributed by atoms with Gasteiger partial charge in [-0.05, 0) is 63.7 Å². The Bertz CT molecular complexity index is 1500. The molecule has 1 aromatic rings. The van der Waals surface area contributed by atoms with Crippen LogP contribution in [0.3, 0.4) is 0 Å². The molecule has 2 saturated heterocycles. The van der Waals surface area contributed by atoms with Crippen LogP contribution in [0.15, 0.2) is 12.5 Å². The summed E-state index contributed by atoms with van der Waals surface area (Å²) in [5, 5.41) is 30.9. The van der Waals surface area contributed by atoms with Crippen molar-refractivity contribution in [3.05, 3.63) is 18.2 Å². The average molecular weight is 787 g/mol. The third kappa shape index (κ3) is 13.0. The van der Waals surface area contributed by atoms with E-state index in [1.165, 1.54) is 29.5 Å². The van der Waals surface area contributed by atoms with Crippen molar-refractivity contribution in [2.24, 2.45) is 11.8 Å². The average Bonchev–Trinajstić information content (AvgIpc) is 3.88. The zero-order valence-corrected chi connectivity index (χ0v) is 33.1.